The van der Waals surface area contributed by atoms with Crippen molar-refractivity contribution in [3.05, 3.63) is 28.8 Å². The molecule has 1 saturated heterocycles. The highest BCUT2D eigenvalue weighted by Gasteiger charge is 2.41. The fraction of sp³-hybridized carbons (Fsp3) is 0.600. The monoisotopic (exact) mass is 320 g/mol. The molecule has 2 nitrogen and oxygen atoms in total. The average Bonchev–Trinajstić information content (AvgIpc) is 2.40. The minimum atomic E-state index is -4.13. The molecule has 118 valence electrons. The Morgan fingerprint density at radius 3 is 2.71 bits per heavy atom. The summed E-state index contributed by atoms with van der Waals surface area (Å²) in [5.41, 5.74) is 7.43. The van der Waals surface area contributed by atoms with E-state index in [-0.39, 0.29) is 19.0 Å². The first kappa shape index (κ1) is 16.4. The minimum absolute atomic E-state index is 0.00190. The van der Waals surface area contributed by atoms with Crippen LogP contribution in [-0.2, 0) is 6.42 Å². The molecule has 1 fully saturated rings. The number of nitrogens with zero attached hydrogens (tertiary/aromatic N) is 1. The third-order valence-electron chi connectivity index (χ3n) is 3.83. The van der Waals surface area contributed by atoms with Gasteiger partial charge in [0.05, 0.1) is 5.92 Å². The van der Waals surface area contributed by atoms with Gasteiger partial charge in [0.25, 0.3) is 0 Å². The number of rotatable bonds is 3. The lowest BCUT2D eigenvalue weighted by Gasteiger charge is -2.35. The van der Waals surface area contributed by atoms with Crippen molar-refractivity contribution in [2.75, 3.05) is 18.0 Å². The van der Waals surface area contributed by atoms with E-state index in [1.54, 1.807) is 11.0 Å². The van der Waals surface area contributed by atoms with E-state index in [2.05, 4.69) is 0 Å². The molecule has 2 atom stereocenters. The van der Waals surface area contributed by atoms with Crippen molar-refractivity contribution >= 4 is 17.3 Å². The lowest BCUT2D eigenvalue weighted by Crippen LogP contribution is -2.41. The highest BCUT2D eigenvalue weighted by molar-refractivity contribution is 6.31. The maximum absolute atomic E-state index is 12.9. The molecule has 21 heavy (non-hydrogen) atoms. The highest BCUT2D eigenvalue weighted by Crippen LogP contribution is 2.35. The molecule has 2 rings (SSSR count). The lowest BCUT2D eigenvalue weighted by molar-refractivity contribution is -0.175. The van der Waals surface area contributed by atoms with Crippen molar-refractivity contribution in [2.45, 2.75) is 38.4 Å². The Labute approximate surface area is 128 Å². The van der Waals surface area contributed by atoms with Crippen LogP contribution in [0.2, 0.25) is 5.02 Å². The summed E-state index contributed by atoms with van der Waals surface area (Å²) in [7, 11) is 0. The topological polar surface area (TPSA) is 29.3 Å². The van der Waals surface area contributed by atoms with Crippen LogP contribution in [-0.4, -0.2) is 25.3 Å². The molecule has 0 spiro atoms. The first-order valence-corrected chi connectivity index (χ1v) is 7.51. The summed E-state index contributed by atoms with van der Waals surface area (Å²) in [5, 5.41) is 0.568. The van der Waals surface area contributed by atoms with E-state index in [1.807, 2.05) is 19.1 Å². The summed E-state index contributed by atoms with van der Waals surface area (Å²) >= 11 is 6.21. The molecule has 1 aromatic rings. The molecule has 1 aromatic carbocycles. The fourth-order valence-electron chi connectivity index (χ4n) is 2.72. The van der Waals surface area contributed by atoms with Crippen LogP contribution >= 0.6 is 11.6 Å². The molecule has 6 heteroatoms. The van der Waals surface area contributed by atoms with Gasteiger partial charge in [-0.15, -0.1) is 0 Å². The predicted molar refractivity (Wildman–Crippen MR) is 79.8 cm³/mol. The molecule has 0 saturated carbocycles. The Morgan fingerprint density at radius 1 is 1.43 bits per heavy atom. The molecule has 1 heterocycles. The van der Waals surface area contributed by atoms with Crippen molar-refractivity contribution in [2.24, 2.45) is 11.7 Å². The van der Waals surface area contributed by atoms with Gasteiger partial charge in [-0.2, -0.15) is 13.2 Å². The molecule has 2 N–H and O–H groups in total. The van der Waals surface area contributed by atoms with Gasteiger partial charge in [0.1, 0.15) is 0 Å². The normalized spacial score (nSPS) is 21.4. The summed E-state index contributed by atoms with van der Waals surface area (Å²) in [6, 6.07) is 5.44. The quantitative estimate of drug-likeness (QED) is 0.912. The van der Waals surface area contributed by atoms with E-state index in [1.165, 1.54) is 0 Å². The van der Waals surface area contributed by atoms with E-state index < -0.39 is 12.1 Å². The van der Waals surface area contributed by atoms with Crippen molar-refractivity contribution < 1.29 is 13.2 Å². The van der Waals surface area contributed by atoms with Crippen LogP contribution < -0.4 is 10.6 Å². The molecule has 1 aliphatic heterocycles. The molecule has 0 aliphatic carbocycles. The highest BCUT2D eigenvalue weighted by atomic mass is 35.5. The van der Waals surface area contributed by atoms with Crippen LogP contribution in [0.3, 0.4) is 0 Å². The Bertz CT molecular complexity index is 488. The third kappa shape index (κ3) is 4.27. The maximum atomic E-state index is 12.9. The van der Waals surface area contributed by atoms with E-state index >= 15 is 0 Å². The van der Waals surface area contributed by atoms with Gasteiger partial charge >= 0.3 is 6.18 Å². The smallest absolute Gasteiger partial charge is 0.371 e. The van der Waals surface area contributed by atoms with E-state index in [4.69, 9.17) is 17.3 Å². The first-order valence-electron chi connectivity index (χ1n) is 7.13. The van der Waals surface area contributed by atoms with Crippen molar-refractivity contribution in [3.8, 4) is 0 Å². The van der Waals surface area contributed by atoms with Gasteiger partial charge in [0.2, 0.25) is 0 Å². The number of halogens is 4. The minimum Gasteiger partial charge on any atom is -0.371 e. The van der Waals surface area contributed by atoms with Crippen LogP contribution in [0.15, 0.2) is 18.2 Å². The van der Waals surface area contributed by atoms with Crippen LogP contribution in [0, 0.1) is 5.92 Å². The van der Waals surface area contributed by atoms with Gasteiger partial charge in [-0.3, -0.25) is 0 Å². The van der Waals surface area contributed by atoms with Crippen LogP contribution in [0.4, 0.5) is 18.9 Å². The number of benzene rings is 1. The Morgan fingerprint density at radius 2 is 2.14 bits per heavy atom. The summed E-state index contributed by atoms with van der Waals surface area (Å²) < 4.78 is 38.6. The zero-order valence-electron chi connectivity index (χ0n) is 12.0. The third-order valence-corrected chi connectivity index (χ3v) is 4.18. The van der Waals surface area contributed by atoms with Crippen LogP contribution in [0.1, 0.15) is 25.3 Å². The zero-order chi connectivity index (χ0) is 15.6. The van der Waals surface area contributed by atoms with Gasteiger partial charge in [-0.05, 0) is 43.9 Å². The van der Waals surface area contributed by atoms with Crippen molar-refractivity contribution in [1.29, 1.82) is 0 Å². The standard InChI is InChI=1S/C15H20ClF3N2/c1-10(20)7-11-4-5-13(8-14(11)16)21-6-2-3-12(9-21)15(17,18)19/h4-5,8,10,12H,2-3,6-7,9,20H2,1H3. The lowest BCUT2D eigenvalue weighted by atomic mass is 9.96. The SMILES string of the molecule is CC(N)Cc1ccc(N2CCCC(C(F)(F)F)C2)cc1Cl. The van der Waals surface area contributed by atoms with E-state index in [0.717, 1.165) is 11.3 Å². The maximum Gasteiger partial charge on any atom is 0.393 e. The largest absolute Gasteiger partial charge is 0.393 e. The summed E-state index contributed by atoms with van der Waals surface area (Å²) in [5.74, 6) is -1.26. The number of hydrogen-bond donors (Lipinski definition) is 1. The molecule has 0 aromatic heterocycles. The van der Waals surface area contributed by atoms with Crippen molar-refractivity contribution in [1.82, 2.24) is 0 Å². The molecule has 2 unspecified atom stereocenters. The zero-order valence-corrected chi connectivity index (χ0v) is 12.7. The Hall–Kier alpha value is -0.940. The molecule has 0 bridgehead atoms. The Balaban J connectivity index is 2.13. The molecular weight excluding hydrogens is 301 g/mol. The van der Waals surface area contributed by atoms with Crippen molar-refractivity contribution in [3.63, 3.8) is 0 Å². The summed E-state index contributed by atoms with van der Waals surface area (Å²) in [6.45, 7) is 2.53. The summed E-state index contributed by atoms with van der Waals surface area (Å²) in [4.78, 5) is 1.77. The number of nitrogens with two attached hydrogens (primary N) is 1. The van der Waals surface area contributed by atoms with Gasteiger partial charge in [-0.1, -0.05) is 17.7 Å². The summed E-state index contributed by atoms with van der Waals surface area (Å²) in [6.07, 6.45) is -2.72. The van der Waals surface area contributed by atoms with Gasteiger partial charge in [-0.25, -0.2) is 0 Å². The van der Waals surface area contributed by atoms with Gasteiger partial charge in [0.15, 0.2) is 0 Å². The molecule has 0 amide bonds. The number of hydrogen-bond acceptors (Lipinski definition) is 2. The average molecular weight is 321 g/mol. The number of anilines is 1. The van der Waals surface area contributed by atoms with Crippen LogP contribution in [0.5, 0.6) is 0 Å². The molecule has 1 aliphatic rings. The fourth-order valence-corrected chi connectivity index (χ4v) is 2.98. The second-order valence-corrected chi connectivity index (χ2v) is 6.19. The van der Waals surface area contributed by atoms with Gasteiger partial charge < -0.3 is 10.6 Å². The number of piperidine rings is 1. The second kappa shape index (κ2) is 6.44. The number of alkyl halides is 3. The predicted octanol–water partition coefficient (Wildman–Crippen LogP) is 4.01. The van der Waals surface area contributed by atoms with Crippen LogP contribution in [0.25, 0.3) is 0 Å². The van der Waals surface area contributed by atoms with E-state index in [9.17, 15) is 13.2 Å². The van der Waals surface area contributed by atoms with E-state index in [0.29, 0.717) is 24.4 Å². The second-order valence-electron chi connectivity index (χ2n) is 5.78. The first-order chi connectivity index (χ1) is 9.77. The molecular formula is C15H20ClF3N2. The Kier molecular flexibility index (Phi) is 5.04. The van der Waals surface area contributed by atoms with Gasteiger partial charge in [0, 0.05) is 29.8 Å². The molecule has 0 radical (unpaired) electrons.